The lowest BCUT2D eigenvalue weighted by Crippen LogP contribution is -2.29. The van der Waals surface area contributed by atoms with Crippen molar-refractivity contribution in [1.82, 2.24) is 0 Å². The average Bonchev–Trinajstić information content (AvgIpc) is 3.03. The summed E-state index contributed by atoms with van der Waals surface area (Å²) in [5, 5.41) is 0.818. The number of benzene rings is 4. The number of hydrogen-bond acceptors (Lipinski definition) is 4. The van der Waals surface area contributed by atoms with Crippen molar-refractivity contribution in [2.45, 2.75) is 64.4 Å². The van der Waals surface area contributed by atoms with Crippen molar-refractivity contribution >= 4 is 25.1 Å². The maximum absolute atomic E-state index is 14.9. The molecule has 0 bridgehead atoms. The van der Waals surface area contributed by atoms with Crippen LogP contribution in [0.5, 0.6) is 5.75 Å². The zero-order chi connectivity index (χ0) is 29.6. The molecule has 3 unspecified atom stereocenters. The summed E-state index contributed by atoms with van der Waals surface area (Å²) in [6.45, 7) is 8.13. The number of hydrogen-bond donors (Lipinski definition) is 0. The number of para-hydroxylation sites is 1. The summed E-state index contributed by atoms with van der Waals surface area (Å²) < 4.78 is 41.3. The molecule has 3 atom stereocenters. The first-order chi connectivity index (χ1) is 20.4. The molecule has 0 saturated carbocycles. The van der Waals surface area contributed by atoms with Crippen molar-refractivity contribution in [3.05, 3.63) is 103 Å². The Morgan fingerprint density at radius 2 is 1.26 bits per heavy atom. The first kappa shape index (κ1) is 30.6. The van der Waals surface area contributed by atoms with Crippen LogP contribution in [0.25, 0.3) is 22.3 Å². The van der Waals surface area contributed by atoms with Crippen LogP contribution >= 0.6 is 14.5 Å². The van der Waals surface area contributed by atoms with Gasteiger partial charge in [0.25, 0.3) is 7.37 Å². The van der Waals surface area contributed by atoms with E-state index in [0.29, 0.717) is 17.2 Å². The molecule has 0 spiro atoms. The zero-order valence-corrected chi connectivity index (χ0v) is 26.8. The Kier molecular flexibility index (Phi) is 9.89. The molecular weight excluding hydrogens is 558 g/mol. The minimum absolute atomic E-state index is 0.387. The Hall–Kier alpha value is -2.90. The first-order valence-corrected chi connectivity index (χ1v) is 18.9. The molecule has 4 nitrogen and oxygen atoms in total. The monoisotopic (exact) mass is 600 g/mol. The van der Waals surface area contributed by atoms with Gasteiger partial charge in [0.15, 0.2) is 0 Å². The van der Waals surface area contributed by atoms with Gasteiger partial charge in [-0.1, -0.05) is 118 Å². The van der Waals surface area contributed by atoms with E-state index in [1.165, 1.54) is 25.7 Å². The Morgan fingerprint density at radius 3 is 1.98 bits per heavy atom. The van der Waals surface area contributed by atoms with Crippen molar-refractivity contribution < 1.29 is 18.4 Å². The highest BCUT2D eigenvalue weighted by atomic mass is 31.2. The molecule has 4 aromatic rings. The molecule has 0 aliphatic carbocycles. The van der Waals surface area contributed by atoms with Crippen LogP contribution in [0, 0.1) is 0 Å². The van der Waals surface area contributed by atoms with E-state index in [-0.39, 0.29) is 0 Å². The summed E-state index contributed by atoms with van der Waals surface area (Å²) >= 11 is 0. The Labute approximate surface area is 251 Å². The van der Waals surface area contributed by atoms with Crippen LogP contribution in [-0.2, 0) is 20.0 Å². The van der Waals surface area contributed by atoms with Gasteiger partial charge in [0.2, 0.25) is 0 Å². The van der Waals surface area contributed by atoms with Gasteiger partial charge >= 0.3 is 0 Å². The van der Waals surface area contributed by atoms with Crippen LogP contribution in [0.2, 0.25) is 0 Å². The summed E-state index contributed by atoms with van der Waals surface area (Å²) in [6, 6.07) is 31.3. The van der Waals surface area contributed by atoms with E-state index < -0.39 is 19.9 Å². The fraction of sp³-hybridized carbons (Fsp3) is 0.333. The fourth-order valence-electron chi connectivity index (χ4n) is 5.96. The lowest BCUT2D eigenvalue weighted by molar-refractivity contribution is 0.130. The number of ether oxygens (including phenoxy) is 1. The van der Waals surface area contributed by atoms with Crippen molar-refractivity contribution in [2.75, 3.05) is 13.2 Å². The normalized spacial score (nSPS) is 20.5. The number of fused-ring (bicyclic) bond motifs is 6. The second kappa shape index (κ2) is 13.6. The molecule has 2 aliphatic rings. The fourth-order valence-corrected chi connectivity index (χ4v) is 13.5. The Balaban J connectivity index is 0.000000305. The van der Waals surface area contributed by atoms with Gasteiger partial charge in [-0.25, -0.2) is 0 Å². The van der Waals surface area contributed by atoms with Gasteiger partial charge in [-0.15, -0.1) is 0 Å². The molecule has 0 radical (unpaired) electrons. The lowest BCUT2D eigenvalue weighted by atomic mass is 10.0. The van der Waals surface area contributed by atoms with E-state index in [0.717, 1.165) is 52.8 Å². The van der Waals surface area contributed by atoms with Crippen molar-refractivity contribution in [2.24, 2.45) is 0 Å². The zero-order valence-electron chi connectivity index (χ0n) is 25.0. The standard InChI is InChI=1S/C27H22O3P2.C9H20O/c1-19(31(28)18-20-10-2-3-11-21(20)23-13-5-8-16-26(23)31)32(29)27-17-9-6-14-24(27)22-12-4-7-15-25(22)30-32;1-3-5-6-7-9-10-8-4-2/h2-17,19H,18H2,1H3;3-9H2,1-2H3. The van der Waals surface area contributed by atoms with E-state index in [2.05, 4.69) is 19.9 Å². The summed E-state index contributed by atoms with van der Waals surface area (Å²) in [7, 11) is -6.61. The molecule has 2 aliphatic heterocycles. The molecule has 0 saturated heterocycles. The first-order valence-electron chi connectivity index (χ1n) is 15.3. The van der Waals surface area contributed by atoms with Gasteiger partial charge in [-0.05, 0) is 54.2 Å². The third-order valence-electron chi connectivity index (χ3n) is 8.26. The molecule has 220 valence electrons. The minimum Gasteiger partial charge on any atom is -0.439 e. The van der Waals surface area contributed by atoms with Crippen LogP contribution in [0.3, 0.4) is 0 Å². The summed E-state index contributed by atoms with van der Waals surface area (Å²) in [5.74, 6) is 0.596. The SMILES string of the molecule is CC(P1(=O)Cc2ccccc2-c2ccccc21)P1(=O)Oc2ccccc2-c2ccccc21.CCCCCCOCCC. The van der Waals surface area contributed by atoms with Gasteiger partial charge in [0.05, 0.1) is 5.30 Å². The van der Waals surface area contributed by atoms with Crippen LogP contribution in [-0.4, -0.2) is 18.6 Å². The molecule has 6 rings (SSSR count). The van der Waals surface area contributed by atoms with E-state index >= 15 is 0 Å². The van der Waals surface area contributed by atoms with E-state index in [1.54, 1.807) is 0 Å². The quantitative estimate of drug-likeness (QED) is 0.142. The Bertz CT molecular complexity index is 1490. The minimum atomic E-state index is -3.49. The van der Waals surface area contributed by atoms with E-state index in [4.69, 9.17) is 9.26 Å². The molecule has 6 heteroatoms. The largest absolute Gasteiger partial charge is 0.439 e. The molecule has 0 aromatic heterocycles. The molecule has 0 N–H and O–H groups in total. The highest BCUT2D eigenvalue weighted by Crippen LogP contribution is 2.72. The van der Waals surface area contributed by atoms with Crippen molar-refractivity contribution in [1.29, 1.82) is 0 Å². The maximum atomic E-state index is 14.9. The lowest BCUT2D eigenvalue weighted by Gasteiger charge is -2.38. The topological polar surface area (TPSA) is 52.6 Å². The predicted octanol–water partition coefficient (Wildman–Crippen LogP) is 9.86. The molecule has 0 amide bonds. The van der Waals surface area contributed by atoms with Crippen LogP contribution in [0.4, 0.5) is 0 Å². The summed E-state index contributed by atoms with van der Waals surface area (Å²) in [5.41, 5.74) is 4.95. The van der Waals surface area contributed by atoms with E-state index in [9.17, 15) is 9.13 Å². The van der Waals surface area contributed by atoms with Gasteiger partial charge in [-0.3, -0.25) is 4.57 Å². The van der Waals surface area contributed by atoms with Gasteiger partial charge in [0, 0.05) is 30.2 Å². The molecule has 42 heavy (non-hydrogen) atoms. The van der Waals surface area contributed by atoms with Gasteiger partial charge in [0.1, 0.15) is 18.3 Å². The van der Waals surface area contributed by atoms with Crippen molar-refractivity contribution in [3.8, 4) is 28.0 Å². The average molecular weight is 601 g/mol. The third-order valence-corrected chi connectivity index (χ3v) is 16.0. The number of unbranched alkanes of at least 4 members (excludes halogenated alkanes) is 3. The second-order valence-electron chi connectivity index (χ2n) is 11.1. The van der Waals surface area contributed by atoms with Gasteiger partial charge in [-0.2, -0.15) is 0 Å². The molecule has 4 aromatic carbocycles. The van der Waals surface area contributed by atoms with E-state index in [1.807, 2.05) is 97.9 Å². The predicted molar refractivity (Wildman–Crippen MR) is 177 cm³/mol. The third kappa shape index (κ3) is 5.96. The molecule has 0 fully saturated rings. The highest BCUT2D eigenvalue weighted by molar-refractivity contribution is 7.86. The van der Waals surface area contributed by atoms with Crippen LogP contribution in [0.15, 0.2) is 97.1 Å². The number of rotatable bonds is 9. The van der Waals surface area contributed by atoms with Crippen LogP contribution in [0.1, 0.15) is 58.4 Å². The van der Waals surface area contributed by atoms with Crippen molar-refractivity contribution in [3.63, 3.8) is 0 Å². The highest BCUT2D eigenvalue weighted by Gasteiger charge is 2.51. The smallest absolute Gasteiger partial charge is 0.288 e. The second-order valence-corrected chi connectivity index (χ2v) is 17.3. The van der Waals surface area contributed by atoms with Crippen LogP contribution < -0.4 is 15.1 Å². The summed E-state index contributed by atoms with van der Waals surface area (Å²) in [6.07, 6.45) is 6.78. The molecule has 2 heterocycles. The molecular formula is C36H42O4P2. The Morgan fingerprint density at radius 1 is 0.667 bits per heavy atom. The van der Waals surface area contributed by atoms with Gasteiger partial charge < -0.3 is 13.8 Å². The summed E-state index contributed by atoms with van der Waals surface area (Å²) in [4.78, 5) is 0. The maximum Gasteiger partial charge on any atom is 0.288 e.